The van der Waals surface area contributed by atoms with Gasteiger partial charge >= 0.3 is 0 Å². The molecule has 0 amide bonds. The average molecular weight is 290 g/mol. The van der Waals surface area contributed by atoms with Crippen LogP contribution in [0.5, 0.6) is 5.75 Å². The molecule has 0 radical (unpaired) electrons. The van der Waals surface area contributed by atoms with E-state index in [-0.39, 0.29) is 0 Å². The molecule has 2 rings (SSSR count). The van der Waals surface area contributed by atoms with E-state index in [0.29, 0.717) is 6.61 Å². The lowest BCUT2D eigenvalue weighted by Crippen LogP contribution is -2.13. The Morgan fingerprint density at radius 3 is 2.55 bits per heavy atom. The van der Waals surface area contributed by atoms with E-state index >= 15 is 0 Å². The molecule has 2 aromatic rings. The molecule has 2 nitrogen and oxygen atoms in total. The van der Waals surface area contributed by atoms with Crippen LogP contribution in [0, 0.1) is 6.92 Å². The van der Waals surface area contributed by atoms with Gasteiger partial charge in [-0.3, -0.25) is 0 Å². The molecule has 0 bridgehead atoms. The molecule has 0 aliphatic carbocycles. The number of aryl methyl sites for hydroxylation is 1. The second-order valence-corrected chi connectivity index (χ2v) is 5.24. The van der Waals surface area contributed by atoms with Crippen molar-refractivity contribution >= 4 is 11.6 Å². The Labute approximate surface area is 125 Å². The Morgan fingerprint density at radius 1 is 1.10 bits per heavy atom. The van der Waals surface area contributed by atoms with Crippen LogP contribution < -0.4 is 10.1 Å². The van der Waals surface area contributed by atoms with E-state index in [9.17, 15) is 0 Å². The third kappa shape index (κ3) is 4.26. The fourth-order valence-corrected chi connectivity index (χ4v) is 2.11. The standard InChI is InChI=1S/C17H20ClNO/c1-3-19-11-15-10-13(2)4-9-17(15)20-12-14-5-7-16(18)8-6-14/h4-10,19H,3,11-12H2,1-2H3. The Morgan fingerprint density at radius 2 is 1.85 bits per heavy atom. The van der Waals surface area contributed by atoms with Crippen LogP contribution in [0.1, 0.15) is 23.6 Å². The Bertz CT molecular complexity index is 551. The van der Waals surface area contributed by atoms with Gasteiger partial charge in [-0.05, 0) is 37.2 Å². The highest BCUT2D eigenvalue weighted by molar-refractivity contribution is 6.30. The van der Waals surface area contributed by atoms with E-state index in [1.54, 1.807) is 0 Å². The second kappa shape index (κ2) is 7.32. The van der Waals surface area contributed by atoms with Crippen LogP contribution in [-0.4, -0.2) is 6.54 Å². The summed E-state index contributed by atoms with van der Waals surface area (Å²) < 4.78 is 5.93. The quantitative estimate of drug-likeness (QED) is 0.854. The minimum absolute atomic E-state index is 0.555. The molecular weight excluding hydrogens is 270 g/mol. The van der Waals surface area contributed by atoms with Crippen molar-refractivity contribution < 1.29 is 4.74 Å². The van der Waals surface area contributed by atoms with E-state index in [4.69, 9.17) is 16.3 Å². The van der Waals surface area contributed by atoms with Gasteiger partial charge in [-0.1, -0.05) is 48.4 Å². The minimum atomic E-state index is 0.555. The number of rotatable bonds is 6. The highest BCUT2D eigenvalue weighted by Gasteiger charge is 2.04. The average Bonchev–Trinajstić information content (AvgIpc) is 2.46. The van der Waals surface area contributed by atoms with Crippen LogP contribution in [-0.2, 0) is 13.2 Å². The maximum absolute atomic E-state index is 5.93. The van der Waals surface area contributed by atoms with Gasteiger partial charge in [0.25, 0.3) is 0 Å². The molecule has 0 aliphatic rings. The van der Waals surface area contributed by atoms with Gasteiger partial charge in [-0.15, -0.1) is 0 Å². The number of halogens is 1. The zero-order valence-electron chi connectivity index (χ0n) is 11.9. The largest absolute Gasteiger partial charge is 0.489 e. The van der Waals surface area contributed by atoms with Gasteiger partial charge < -0.3 is 10.1 Å². The molecule has 0 aliphatic heterocycles. The van der Waals surface area contributed by atoms with Crippen LogP contribution in [0.25, 0.3) is 0 Å². The van der Waals surface area contributed by atoms with E-state index < -0.39 is 0 Å². The monoisotopic (exact) mass is 289 g/mol. The summed E-state index contributed by atoms with van der Waals surface area (Å²) in [6, 6.07) is 14.0. The maximum atomic E-state index is 5.93. The molecule has 0 saturated heterocycles. The lowest BCUT2D eigenvalue weighted by Gasteiger charge is -2.13. The first kappa shape index (κ1) is 14.9. The molecule has 0 unspecified atom stereocenters. The van der Waals surface area contributed by atoms with Gasteiger partial charge in [-0.2, -0.15) is 0 Å². The normalized spacial score (nSPS) is 10.6. The minimum Gasteiger partial charge on any atom is -0.489 e. The van der Waals surface area contributed by atoms with Crippen LogP contribution in [0.4, 0.5) is 0 Å². The highest BCUT2D eigenvalue weighted by atomic mass is 35.5. The fourth-order valence-electron chi connectivity index (χ4n) is 1.99. The number of benzene rings is 2. The zero-order chi connectivity index (χ0) is 14.4. The van der Waals surface area contributed by atoms with Gasteiger partial charge in [0.1, 0.15) is 12.4 Å². The first-order valence-electron chi connectivity index (χ1n) is 6.86. The molecule has 0 spiro atoms. The van der Waals surface area contributed by atoms with Crippen molar-refractivity contribution in [3.63, 3.8) is 0 Å². The van der Waals surface area contributed by atoms with E-state index in [0.717, 1.165) is 29.4 Å². The Hall–Kier alpha value is -1.51. The topological polar surface area (TPSA) is 21.3 Å². The van der Waals surface area contributed by atoms with E-state index in [1.807, 2.05) is 30.3 Å². The smallest absolute Gasteiger partial charge is 0.124 e. The van der Waals surface area contributed by atoms with Crippen molar-refractivity contribution in [3.05, 3.63) is 64.2 Å². The van der Waals surface area contributed by atoms with E-state index in [1.165, 1.54) is 11.1 Å². The third-order valence-corrected chi connectivity index (χ3v) is 3.34. The van der Waals surface area contributed by atoms with Crippen LogP contribution in [0.3, 0.4) is 0 Å². The van der Waals surface area contributed by atoms with Gasteiger partial charge in [0.15, 0.2) is 0 Å². The summed E-state index contributed by atoms with van der Waals surface area (Å²) in [6.45, 7) is 6.53. The predicted molar refractivity (Wildman–Crippen MR) is 84.3 cm³/mol. The molecule has 3 heteroatoms. The Balaban J connectivity index is 2.06. The molecule has 1 N–H and O–H groups in total. The molecule has 2 aromatic carbocycles. The highest BCUT2D eigenvalue weighted by Crippen LogP contribution is 2.21. The number of hydrogen-bond donors (Lipinski definition) is 1. The summed E-state index contributed by atoms with van der Waals surface area (Å²) in [5.41, 5.74) is 3.56. The molecule has 0 fully saturated rings. The van der Waals surface area contributed by atoms with Gasteiger partial charge in [-0.25, -0.2) is 0 Å². The summed E-state index contributed by atoms with van der Waals surface area (Å²) in [6.07, 6.45) is 0. The van der Waals surface area contributed by atoms with Crippen molar-refractivity contribution in [2.45, 2.75) is 27.0 Å². The number of nitrogens with one attached hydrogen (secondary N) is 1. The summed E-state index contributed by atoms with van der Waals surface area (Å²) >= 11 is 5.88. The summed E-state index contributed by atoms with van der Waals surface area (Å²) in [5.74, 6) is 0.937. The molecule has 20 heavy (non-hydrogen) atoms. The van der Waals surface area contributed by atoms with Gasteiger partial charge in [0.2, 0.25) is 0 Å². The predicted octanol–water partition coefficient (Wildman–Crippen LogP) is 4.34. The first-order chi connectivity index (χ1) is 9.69. The molecule has 0 atom stereocenters. The lowest BCUT2D eigenvalue weighted by molar-refractivity contribution is 0.302. The fraction of sp³-hybridized carbons (Fsp3) is 0.294. The maximum Gasteiger partial charge on any atom is 0.124 e. The third-order valence-electron chi connectivity index (χ3n) is 3.09. The number of hydrogen-bond acceptors (Lipinski definition) is 2. The SMILES string of the molecule is CCNCc1cc(C)ccc1OCc1ccc(Cl)cc1. The van der Waals surface area contributed by atoms with Crippen LogP contribution in [0.2, 0.25) is 5.02 Å². The lowest BCUT2D eigenvalue weighted by atomic mass is 10.1. The summed E-state index contributed by atoms with van der Waals surface area (Å²) in [4.78, 5) is 0. The van der Waals surface area contributed by atoms with Gasteiger partial charge in [0, 0.05) is 17.1 Å². The van der Waals surface area contributed by atoms with Crippen molar-refractivity contribution in [2.75, 3.05) is 6.54 Å². The number of ether oxygens (including phenoxy) is 1. The summed E-state index contributed by atoms with van der Waals surface area (Å²) in [7, 11) is 0. The molecule has 0 saturated carbocycles. The second-order valence-electron chi connectivity index (χ2n) is 4.81. The van der Waals surface area contributed by atoms with Gasteiger partial charge in [0.05, 0.1) is 0 Å². The van der Waals surface area contributed by atoms with Crippen molar-refractivity contribution in [1.29, 1.82) is 0 Å². The summed E-state index contributed by atoms with van der Waals surface area (Å²) in [5, 5.41) is 4.09. The molecule has 0 heterocycles. The molecule has 0 aromatic heterocycles. The molecule has 106 valence electrons. The zero-order valence-corrected chi connectivity index (χ0v) is 12.7. The van der Waals surface area contributed by atoms with Crippen molar-refractivity contribution in [2.24, 2.45) is 0 Å². The van der Waals surface area contributed by atoms with Crippen molar-refractivity contribution in [1.82, 2.24) is 5.32 Å². The molecular formula is C17H20ClNO. The van der Waals surface area contributed by atoms with Crippen molar-refractivity contribution in [3.8, 4) is 5.75 Å². The Kier molecular flexibility index (Phi) is 5.45. The van der Waals surface area contributed by atoms with E-state index in [2.05, 4.69) is 31.3 Å². The van der Waals surface area contributed by atoms with Crippen LogP contribution in [0.15, 0.2) is 42.5 Å². The van der Waals surface area contributed by atoms with Crippen LogP contribution >= 0.6 is 11.6 Å². The first-order valence-corrected chi connectivity index (χ1v) is 7.24.